The third-order valence-corrected chi connectivity index (χ3v) is 6.33. The first-order valence-corrected chi connectivity index (χ1v) is 11.0. The number of nitrogens with one attached hydrogen (secondary N) is 1. The van der Waals surface area contributed by atoms with E-state index in [1.807, 2.05) is 23.1 Å². The van der Waals surface area contributed by atoms with Crippen molar-refractivity contribution in [2.45, 2.75) is 31.8 Å². The molecule has 0 bridgehead atoms. The molecule has 33 heavy (non-hydrogen) atoms. The maximum absolute atomic E-state index is 14.9. The van der Waals surface area contributed by atoms with Gasteiger partial charge in [0.15, 0.2) is 23.1 Å². The first-order valence-electron chi connectivity index (χ1n) is 11.0. The number of ether oxygens (including phenoxy) is 2. The van der Waals surface area contributed by atoms with Crippen molar-refractivity contribution in [1.29, 1.82) is 0 Å². The van der Waals surface area contributed by atoms with Crippen LogP contribution in [0, 0.1) is 11.6 Å². The fourth-order valence-corrected chi connectivity index (χ4v) is 4.45. The highest BCUT2D eigenvalue weighted by atomic mass is 19.1. The molecule has 1 N–H and O–H groups in total. The maximum atomic E-state index is 14.9. The highest BCUT2D eigenvalue weighted by Crippen LogP contribution is 2.34. The van der Waals surface area contributed by atoms with Crippen LogP contribution in [0.25, 0.3) is 11.1 Å². The molecule has 9 heteroatoms. The molecule has 1 aromatic carbocycles. The van der Waals surface area contributed by atoms with Crippen LogP contribution in [-0.4, -0.2) is 47.8 Å². The Hall–Kier alpha value is -3.33. The van der Waals surface area contributed by atoms with Crippen LogP contribution in [0.4, 0.5) is 8.78 Å². The third-order valence-electron chi connectivity index (χ3n) is 6.33. The SMILES string of the molecule is COc1cc(OC)c(F)c(CC2=NCc3ncc(-c4cnn(C5CCNCC5)c4)cc32)c1F. The second-order valence-corrected chi connectivity index (χ2v) is 8.24. The molecule has 2 aliphatic heterocycles. The van der Waals surface area contributed by atoms with Crippen molar-refractivity contribution in [3.05, 3.63) is 59.2 Å². The molecule has 0 radical (unpaired) electrons. The number of benzene rings is 1. The monoisotopic (exact) mass is 453 g/mol. The average molecular weight is 453 g/mol. The van der Waals surface area contributed by atoms with E-state index in [0.717, 1.165) is 48.3 Å². The van der Waals surface area contributed by atoms with Crippen LogP contribution in [0.15, 0.2) is 35.7 Å². The van der Waals surface area contributed by atoms with E-state index < -0.39 is 11.6 Å². The molecule has 4 heterocycles. The van der Waals surface area contributed by atoms with E-state index >= 15 is 0 Å². The number of rotatable bonds is 6. The Morgan fingerprint density at radius 3 is 2.45 bits per heavy atom. The number of hydrogen-bond donors (Lipinski definition) is 1. The highest BCUT2D eigenvalue weighted by molar-refractivity contribution is 6.05. The van der Waals surface area contributed by atoms with Crippen LogP contribution >= 0.6 is 0 Å². The predicted octanol–water partition coefficient (Wildman–Crippen LogP) is 3.71. The van der Waals surface area contributed by atoms with Gasteiger partial charge >= 0.3 is 0 Å². The Bertz CT molecular complexity index is 1190. The topological polar surface area (TPSA) is 73.6 Å². The van der Waals surface area contributed by atoms with Crippen molar-refractivity contribution in [1.82, 2.24) is 20.1 Å². The lowest BCUT2D eigenvalue weighted by Crippen LogP contribution is -2.29. The quantitative estimate of drug-likeness (QED) is 0.616. The van der Waals surface area contributed by atoms with Crippen molar-refractivity contribution < 1.29 is 18.3 Å². The number of hydrogen-bond acceptors (Lipinski definition) is 6. The standard InChI is InChI=1S/C24H25F2N5O2/c1-32-21-9-22(33-2)24(26)18(23(21)25)8-19-17-7-14(10-28-20(17)12-29-19)15-11-30-31(13-15)16-3-5-27-6-4-16/h7,9-11,13,16,27H,3-6,8,12H2,1-2H3. The number of halogens is 2. The Kier molecular flexibility index (Phi) is 5.80. The van der Waals surface area contributed by atoms with Crippen LogP contribution < -0.4 is 14.8 Å². The van der Waals surface area contributed by atoms with Gasteiger partial charge in [-0.25, -0.2) is 8.78 Å². The molecule has 0 atom stereocenters. The van der Waals surface area contributed by atoms with Crippen LogP contribution in [0.5, 0.6) is 11.5 Å². The molecule has 172 valence electrons. The van der Waals surface area contributed by atoms with E-state index in [1.54, 1.807) is 6.20 Å². The molecule has 2 aromatic heterocycles. The molecule has 1 saturated heterocycles. The minimum atomic E-state index is -0.751. The van der Waals surface area contributed by atoms with E-state index in [2.05, 4.69) is 20.4 Å². The van der Waals surface area contributed by atoms with Gasteiger partial charge in [0.25, 0.3) is 0 Å². The summed E-state index contributed by atoms with van der Waals surface area (Å²) in [7, 11) is 2.67. The van der Waals surface area contributed by atoms with Gasteiger partial charge < -0.3 is 14.8 Å². The minimum Gasteiger partial charge on any atom is -0.494 e. The van der Waals surface area contributed by atoms with E-state index in [0.29, 0.717) is 18.3 Å². The molecule has 3 aromatic rings. The average Bonchev–Trinajstić information content (AvgIpc) is 3.50. The van der Waals surface area contributed by atoms with Gasteiger partial charge in [-0.2, -0.15) is 5.10 Å². The van der Waals surface area contributed by atoms with Gasteiger partial charge in [-0.05, 0) is 32.0 Å². The second-order valence-electron chi connectivity index (χ2n) is 8.24. The predicted molar refractivity (Wildman–Crippen MR) is 120 cm³/mol. The summed E-state index contributed by atoms with van der Waals surface area (Å²) in [4.78, 5) is 9.08. The lowest BCUT2D eigenvalue weighted by Gasteiger charge is -2.22. The van der Waals surface area contributed by atoms with Crippen molar-refractivity contribution in [3.8, 4) is 22.6 Å². The summed E-state index contributed by atoms with van der Waals surface area (Å²) in [6.07, 6.45) is 7.73. The normalized spacial score (nSPS) is 15.9. The Labute approximate surface area is 190 Å². The zero-order valence-corrected chi connectivity index (χ0v) is 18.6. The van der Waals surface area contributed by atoms with E-state index in [9.17, 15) is 8.78 Å². The van der Waals surface area contributed by atoms with Crippen LogP contribution in [-0.2, 0) is 13.0 Å². The third kappa shape index (κ3) is 3.97. The van der Waals surface area contributed by atoms with Gasteiger partial charge in [-0.3, -0.25) is 14.7 Å². The molecule has 2 aliphatic rings. The Morgan fingerprint density at radius 2 is 1.76 bits per heavy atom. The summed E-state index contributed by atoms with van der Waals surface area (Å²) in [5, 5.41) is 7.93. The molecule has 0 spiro atoms. The first kappa shape index (κ1) is 21.5. The Morgan fingerprint density at radius 1 is 1.03 bits per heavy atom. The summed E-state index contributed by atoms with van der Waals surface area (Å²) in [6.45, 7) is 2.36. The van der Waals surface area contributed by atoms with Crippen LogP contribution in [0.2, 0.25) is 0 Å². The number of pyridine rings is 1. The molecule has 0 saturated carbocycles. The number of nitrogens with zero attached hydrogens (tertiary/aromatic N) is 4. The van der Waals surface area contributed by atoms with Crippen LogP contribution in [0.1, 0.15) is 35.7 Å². The zero-order valence-electron chi connectivity index (χ0n) is 18.6. The van der Waals surface area contributed by atoms with Gasteiger partial charge in [0.1, 0.15) is 0 Å². The zero-order chi connectivity index (χ0) is 22.9. The molecular weight excluding hydrogens is 428 g/mol. The van der Waals surface area contributed by atoms with Gasteiger partial charge in [0, 0.05) is 52.8 Å². The number of methoxy groups -OCH3 is 2. The van der Waals surface area contributed by atoms with Crippen molar-refractivity contribution in [3.63, 3.8) is 0 Å². The summed E-state index contributed by atoms with van der Waals surface area (Å²) >= 11 is 0. The number of aliphatic imine (C=N–C) groups is 1. The fraction of sp³-hybridized carbons (Fsp3) is 0.375. The van der Waals surface area contributed by atoms with E-state index in [-0.39, 0.29) is 23.5 Å². The smallest absolute Gasteiger partial charge is 0.171 e. The van der Waals surface area contributed by atoms with Gasteiger partial charge in [0.05, 0.1) is 38.7 Å². The van der Waals surface area contributed by atoms with E-state index in [4.69, 9.17) is 9.47 Å². The van der Waals surface area contributed by atoms with E-state index in [1.165, 1.54) is 20.3 Å². The van der Waals surface area contributed by atoms with Gasteiger partial charge in [-0.1, -0.05) is 0 Å². The largest absolute Gasteiger partial charge is 0.494 e. The highest BCUT2D eigenvalue weighted by Gasteiger charge is 2.25. The Balaban J connectivity index is 1.44. The molecule has 5 rings (SSSR count). The maximum Gasteiger partial charge on any atom is 0.171 e. The summed E-state index contributed by atoms with van der Waals surface area (Å²) in [6, 6.07) is 3.57. The number of fused-ring (bicyclic) bond motifs is 1. The summed E-state index contributed by atoms with van der Waals surface area (Å²) < 4.78 is 41.9. The summed E-state index contributed by atoms with van der Waals surface area (Å²) in [5.74, 6) is -1.64. The first-order chi connectivity index (χ1) is 16.1. The van der Waals surface area contributed by atoms with Gasteiger partial charge in [0.2, 0.25) is 0 Å². The number of piperidine rings is 1. The molecular formula is C24H25F2N5O2. The van der Waals surface area contributed by atoms with Crippen molar-refractivity contribution >= 4 is 5.71 Å². The molecule has 0 unspecified atom stereocenters. The minimum absolute atomic E-state index is 0.0301. The van der Waals surface area contributed by atoms with Crippen molar-refractivity contribution in [2.75, 3.05) is 27.3 Å². The molecule has 0 aliphatic carbocycles. The fourth-order valence-electron chi connectivity index (χ4n) is 4.45. The number of aromatic nitrogens is 3. The van der Waals surface area contributed by atoms with Crippen molar-refractivity contribution in [2.24, 2.45) is 4.99 Å². The molecule has 7 nitrogen and oxygen atoms in total. The van der Waals surface area contributed by atoms with Gasteiger partial charge in [-0.15, -0.1) is 0 Å². The second kappa shape index (κ2) is 8.90. The summed E-state index contributed by atoms with van der Waals surface area (Å²) in [5.41, 5.74) is 3.88. The lowest BCUT2D eigenvalue weighted by molar-refractivity contribution is 0.343. The molecule has 0 amide bonds. The lowest BCUT2D eigenvalue weighted by atomic mass is 9.99. The van der Waals surface area contributed by atoms with Crippen LogP contribution in [0.3, 0.4) is 0 Å². The molecule has 1 fully saturated rings.